The molecule has 1 atom stereocenters. The van der Waals surface area contributed by atoms with Gasteiger partial charge in [0, 0.05) is 13.5 Å². The predicted octanol–water partition coefficient (Wildman–Crippen LogP) is 1.25. The first-order chi connectivity index (χ1) is 8.32. The van der Waals surface area contributed by atoms with Crippen LogP contribution in [0.15, 0.2) is 4.52 Å². The predicted molar refractivity (Wildman–Crippen MR) is 61.5 cm³/mol. The molecule has 2 aliphatic rings. The molecule has 2 heterocycles. The average Bonchev–Trinajstić information content (AvgIpc) is 2.90. The largest absolute Gasteiger partial charge is 0.370 e. The lowest BCUT2D eigenvalue weighted by molar-refractivity contribution is -0.0858. The van der Waals surface area contributed by atoms with Crippen LogP contribution < -0.4 is 5.32 Å². The van der Waals surface area contributed by atoms with E-state index in [0.29, 0.717) is 5.92 Å². The molecular weight excluding hydrogens is 218 g/mol. The van der Waals surface area contributed by atoms with Crippen LogP contribution in [0.4, 0.5) is 0 Å². The van der Waals surface area contributed by atoms with E-state index in [4.69, 9.17) is 9.26 Å². The fourth-order valence-corrected chi connectivity index (χ4v) is 2.68. The smallest absolute Gasteiger partial charge is 0.227 e. The summed E-state index contributed by atoms with van der Waals surface area (Å²) in [5.41, 5.74) is -0.254. The van der Waals surface area contributed by atoms with Crippen molar-refractivity contribution in [1.29, 1.82) is 0 Å². The first-order valence-corrected chi connectivity index (χ1v) is 6.41. The maximum absolute atomic E-state index is 5.55. The third-order valence-electron chi connectivity index (χ3n) is 4.05. The summed E-state index contributed by atoms with van der Waals surface area (Å²) in [5, 5.41) is 7.44. The van der Waals surface area contributed by atoms with Crippen LogP contribution in [0, 0.1) is 5.92 Å². The molecule has 5 nitrogen and oxygen atoms in total. The summed E-state index contributed by atoms with van der Waals surface area (Å²) in [6.45, 7) is 2.17. The van der Waals surface area contributed by atoms with Gasteiger partial charge in [-0.05, 0) is 44.7 Å². The van der Waals surface area contributed by atoms with Crippen LogP contribution in [0.3, 0.4) is 0 Å². The molecule has 1 aliphatic heterocycles. The van der Waals surface area contributed by atoms with Gasteiger partial charge in [-0.15, -0.1) is 0 Å². The minimum Gasteiger partial charge on any atom is -0.370 e. The molecule has 1 aromatic rings. The Hall–Kier alpha value is -0.940. The summed E-state index contributed by atoms with van der Waals surface area (Å²) in [6, 6.07) is 0. The van der Waals surface area contributed by atoms with Crippen molar-refractivity contribution >= 4 is 0 Å². The van der Waals surface area contributed by atoms with Gasteiger partial charge in [-0.1, -0.05) is 5.16 Å². The van der Waals surface area contributed by atoms with Gasteiger partial charge in [0.05, 0.1) is 0 Å². The van der Waals surface area contributed by atoms with Gasteiger partial charge in [0.2, 0.25) is 11.7 Å². The van der Waals surface area contributed by atoms with Gasteiger partial charge in [-0.25, -0.2) is 0 Å². The van der Waals surface area contributed by atoms with Gasteiger partial charge in [0.1, 0.15) is 5.60 Å². The van der Waals surface area contributed by atoms with Crippen molar-refractivity contribution in [2.24, 2.45) is 5.92 Å². The van der Waals surface area contributed by atoms with E-state index in [1.807, 2.05) is 0 Å². The summed E-state index contributed by atoms with van der Waals surface area (Å²) in [5.74, 6) is 2.15. The molecule has 1 N–H and O–H groups in total. The van der Waals surface area contributed by atoms with E-state index >= 15 is 0 Å². The number of hydrogen-bond acceptors (Lipinski definition) is 5. The Morgan fingerprint density at radius 1 is 1.53 bits per heavy atom. The lowest BCUT2D eigenvalue weighted by Crippen LogP contribution is -2.37. The molecule has 0 spiro atoms. The summed E-state index contributed by atoms with van der Waals surface area (Å²) in [4.78, 5) is 4.51. The van der Waals surface area contributed by atoms with Crippen LogP contribution in [0.25, 0.3) is 0 Å². The normalized spacial score (nSPS) is 27.0. The van der Waals surface area contributed by atoms with Crippen molar-refractivity contribution in [3.63, 3.8) is 0 Å². The molecule has 1 unspecified atom stereocenters. The third kappa shape index (κ3) is 1.98. The summed E-state index contributed by atoms with van der Waals surface area (Å²) >= 11 is 0. The van der Waals surface area contributed by atoms with Gasteiger partial charge in [-0.3, -0.25) is 0 Å². The molecule has 2 fully saturated rings. The average molecular weight is 237 g/mol. The maximum Gasteiger partial charge on any atom is 0.227 e. The zero-order valence-corrected chi connectivity index (χ0v) is 10.2. The van der Waals surface area contributed by atoms with E-state index in [1.54, 1.807) is 7.11 Å². The molecule has 94 valence electrons. The van der Waals surface area contributed by atoms with E-state index in [2.05, 4.69) is 15.5 Å². The molecule has 3 rings (SSSR count). The van der Waals surface area contributed by atoms with E-state index in [9.17, 15) is 0 Å². The zero-order chi connectivity index (χ0) is 11.7. The van der Waals surface area contributed by atoms with Crippen LogP contribution in [0.2, 0.25) is 0 Å². The highest BCUT2D eigenvalue weighted by Gasteiger charge is 2.43. The second-order valence-electron chi connectivity index (χ2n) is 5.13. The van der Waals surface area contributed by atoms with Crippen molar-refractivity contribution in [1.82, 2.24) is 15.5 Å². The molecule has 0 radical (unpaired) electrons. The van der Waals surface area contributed by atoms with Gasteiger partial charge in [-0.2, -0.15) is 4.98 Å². The topological polar surface area (TPSA) is 60.2 Å². The Kier molecular flexibility index (Phi) is 2.88. The van der Waals surface area contributed by atoms with Crippen LogP contribution in [-0.4, -0.2) is 30.3 Å². The lowest BCUT2D eigenvalue weighted by atomic mass is 9.79. The quantitative estimate of drug-likeness (QED) is 0.854. The first-order valence-electron chi connectivity index (χ1n) is 6.41. The molecule has 1 saturated carbocycles. The summed E-state index contributed by atoms with van der Waals surface area (Å²) in [6.07, 6.45) is 5.29. The lowest BCUT2D eigenvalue weighted by Gasteiger charge is -2.37. The monoisotopic (exact) mass is 237 g/mol. The van der Waals surface area contributed by atoms with Gasteiger partial charge >= 0.3 is 0 Å². The van der Waals surface area contributed by atoms with Crippen molar-refractivity contribution in [2.45, 2.75) is 37.7 Å². The molecule has 1 saturated heterocycles. The summed E-state index contributed by atoms with van der Waals surface area (Å²) in [7, 11) is 1.73. The van der Waals surface area contributed by atoms with E-state index < -0.39 is 0 Å². The molecule has 0 amide bonds. The minimum atomic E-state index is -0.254. The second-order valence-corrected chi connectivity index (χ2v) is 5.13. The Bertz CT molecular complexity index is 375. The molecule has 0 aromatic carbocycles. The Morgan fingerprint density at radius 2 is 2.41 bits per heavy atom. The van der Waals surface area contributed by atoms with Crippen LogP contribution >= 0.6 is 0 Å². The Labute approximate surface area is 101 Å². The number of nitrogens with one attached hydrogen (secondary N) is 1. The highest BCUT2D eigenvalue weighted by Crippen LogP contribution is 2.42. The Balaban J connectivity index is 1.69. The number of aromatic nitrogens is 2. The highest BCUT2D eigenvalue weighted by atomic mass is 16.5. The molecule has 1 aliphatic carbocycles. The third-order valence-corrected chi connectivity index (χ3v) is 4.05. The fourth-order valence-electron chi connectivity index (χ4n) is 2.68. The van der Waals surface area contributed by atoms with Crippen molar-refractivity contribution in [2.75, 3.05) is 20.2 Å². The van der Waals surface area contributed by atoms with Gasteiger partial charge < -0.3 is 14.6 Å². The molecule has 17 heavy (non-hydrogen) atoms. The fraction of sp³-hybridized carbons (Fsp3) is 0.833. The van der Waals surface area contributed by atoms with Crippen LogP contribution in [0.5, 0.6) is 0 Å². The van der Waals surface area contributed by atoms with Crippen molar-refractivity contribution < 1.29 is 9.26 Å². The van der Waals surface area contributed by atoms with Crippen LogP contribution in [-0.2, 0) is 16.8 Å². The zero-order valence-electron chi connectivity index (χ0n) is 10.2. The molecule has 1 aromatic heterocycles. The second kappa shape index (κ2) is 4.38. The number of rotatable bonds is 4. The van der Waals surface area contributed by atoms with Gasteiger partial charge in [0.15, 0.2) is 0 Å². The number of nitrogens with zero attached hydrogens (tertiary/aromatic N) is 2. The van der Waals surface area contributed by atoms with Crippen molar-refractivity contribution in [3.8, 4) is 0 Å². The Morgan fingerprint density at radius 3 is 3.00 bits per heavy atom. The minimum absolute atomic E-state index is 0.254. The molecule has 5 heteroatoms. The summed E-state index contributed by atoms with van der Waals surface area (Å²) < 4.78 is 10.9. The van der Waals surface area contributed by atoms with E-state index in [-0.39, 0.29) is 5.60 Å². The SMILES string of the molecule is COC1(c2noc(CC3CCNC3)n2)CCC1. The molecule has 0 bridgehead atoms. The number of ether oxygens (including phenoxy) is 1. The standard InChI is InChI=1S/C12H19N3O2/c1-16-12(4-2-5-12)11-14-10(17-15-11)7-9-3-6-13-8-9/h9,13H,2-8H2,1H3. The van der Waals surface area contributed by atoms with E-state index in [0.717, 1.165) is 44.1 Å². The first kappa shape index (κ1) is 11.2. The molecular formula is C12H19N3O2. The van der Waals surface area contributed by atoms with Crippen LogP contribution in [0.1, 0.15) is 37.4 Å². The highest BCUT2D eigenvalue weighted by molar-refractivity contribution is 5.06. The number of hydrogen-bond donors (Lipinski definition) is 1. The van der Waals surface area contributed by atoms with E-state index in [1.165, 1.54) is 12.8 Å². The van der Waals surface area contributed by atoms with Gasteiger partial charge in [0.25, 0.3) is 0 Å². The number of methoxy groups -OCH3 is 1. The maximum atomic E-state index is 5.55. The van der Waals surface area contributed by atoms with Crippen molar-refractivity contribution in [3.05, 3.63) is 11.7 Å².